The Balaban J connectivity index is 2.09. The molecular formula is C7H10N3O. The summed E-state index contributed by atoms with van der Waals surface area (Å²) in [6.45, 7) is 1.02. The molecule has 1 unspecified atom stereocenters. The lowest BCUT2D eigenvalue weighted by Gasteiger charge is -2.30. The number of hydrogen-bond acceptors (Lipinski definition) is 3. The summed E-state index contributed by atoms with van der Waals surface area (Å²) in [5.74, 6) is 0. The first-order chi connectivity index (χ1) is 5.42. The highest BCUT2D eigenvalue weighted by Crippen LogP contribution is 2.21. The average Bonchev–Trinajstić information content (AvgIpc) is 2.47. The minimum Gasteiger partial charge on any atom is -0.339 e. The van der Waals surface area contributed by atoms with Gasteiger partial charge in [-0.3, -0.25) is 4.79 Å². The van der Waals surface area contributed by atoms with Crippen LogP contribution in [0.2, 0.25) is 0 Å². The SMILES string of the molecule is O=[C]N1N=CN2CCCCC21. The average molecular weight is 152 g/mol. The topological polar surface area (TPSA) is 35.9 Å². The third-order valence-electron chi connectivity index (χ3n) is 2.21. The molecule has 4 heteroatoms. The fourth-order valence-corrected chi connectivity index (χ4v) is 1.62. The van der Waals surface area contributed by atoms with Crippen LogP contribution in [-0.2, 0) is 4.79 Å². The van der Waals surface area contributed by atoms with Crippen molar-refractivity contribution < 1.29 is 4.79 Å². The van der Waals surface area contributed by atoms with Crippen molar-refractivity contribution in [2.45, 2.75) is 25.4 Å². The van der Waals surface area contributed by atoms with Crippen LogP contribution in [0.1, 0.15) is 19.3 Å². The molecule has 0 aliphatic carbocycles. The molecule has 0 bridgehead atoms. The van der Waals surface area contributed by atoms with Gasteiger partial charge in [0.15, 0.2) is 0 Å². The summed E-state index contributed by atoms with van der Waals surface area (Å²) in [5, 5.41) is 5.28. The van der Waals surface area contributed by atoms with Gasteiger partial charge in [-0.25, -0.2) is 5.01 Å². The molecule has 0 saturated carbocycles. The van der Waals surface area contributed by atoms with E-state index in [1.807, 2.05) is 0 Å². The van der Waals surface area contributed by atoms with Gasteiger partial charge in [0.05, 0.1) is 0 Å². The zero-order valence-corrected chi connectivity index (χ0v) is 6.23. The predicted octanol–water partition coefficient (Wildman–Crippen LogP) is 0.124. The Hall–Kier alpha value is -1.06. The van der Waals surface area contributed by atoms with Crippen molar-refractivity contribution in [3.63, 3.8) is 0 Å². The number of hydrazone groups is 1. The van der Waals surface area contributed by atoms with Gasteiger partial charge < -0.3 is 4.90 Å². The molecule has 1 atom stereocenters. The Morgan fingerprint density at radius 3 is 3.27 bits per heavy atom. The zero-order chi connectivity index (χ0) is 7.68. The van der Waals surface area contributed by atoms with Gasteiger partial charge in [-0.1, -0.05) is 0 Å². The van der Waals surface area contributed by atoms with Crippen LogP contribution in [0.15, 0.2) is 5.10 Å². The van der Waals surface area contributed by atoms with E-state index < -0.39 is 0 Å². The third-order valence-corrected chi connectivity index (χ3v) is 2.21. The van der Waals surface area contributed by atoms with Crippen molar-refractivity contribution in [1.82, 2.24) is 9.91 Å². The van der Waals surface area contributed by atoms with Gasteiger partial charge in [-0.15, -0.1) is 0 Å². The summed E-state index contributed by atoms with van der Waals surface area (Å²) in [5.41, 5.74) is 0. The second-order valence-electron chi connectivity index (χ2n) is 2.88. The first-order valence-electron chi connectivity index (χ1n) is 3.89. The first kappa shape index (κ1) is 6.64. The molecule has 1 amide bonds. The molecule has 11 heavy (non-hydrogen) atoms. The summed E-state index contributed by atoms with van der Waals surface area (Å²) in [7, 11) is 0. The Kier molecular flexibility index (Phi) is 1.52. The maximum Gasteiger partial charge on any atom is 0.336 e. The molecule has 0 aromatic rings. The highest BCUT2D eigenvalue weighted by molar-refractivity contribution is 5.62. The van der Waals surface area contributed by atoms with Crippen LogP contribution in [-0.4, -0.2) is 35.4 Å². The van der Waals surface area contributed by atoms with Crippen LogP contribution in [0.4, 0.5) is 0 Å². The maximum absolute atomic E-state index is 10.3. The molecule has 2 aliphatic rings. The van der Waals surface area contributed by atoms with Crippen molar-refractivity contribution in [2.24, 2.45) is 5.10 Å². The fraction of sp³-hybridized carbons (Fsp3) is 0.714. The van der Waals surface area contributed by atoms with Crippen molar-refractivity contribution >= 4 is 12.7 Å². The molecule has 1 radical (unpaired) electrons. The summed E-state index contributed by atoms with van der Waals surface area (Å²) in [6, 6.07) is 0. The lowest BCUT2D eigenvalue weighted by Crippen LogP contribution is -2.42. The van der Waals surface area contributed by atoms with E-state index in [0.717, 1.165) is 13.0 Å². The van der Waals surface area contributed by atoms with Crippen LogP contribution in [0, 0.1) is 0 Å². The van der Waals surface area contributed by atoms with Crippen LogP contribution in [0.3, 0.4) is 0 Å². The lowest BCUT2D eigenvalue weighted by molar-refractivity contribution is 0.153. The maximum atomic E-state index is 10.3. The molecular weight excluding hydrogens is 142 g/mol. The Morgan fingerprint density at radius 1 is 1.55 bits per heavy atom. The second-order valence-corrected chi connectivity index (χ2v) is 2.88. The monoisotopic (exact) mass is 152 g/mol. The Bertz CT molecular complexity index is 192. The van der Waals surface area contributed by atoms with Crippen LogP contribution < -0.4 is 0 Å². The van der Waals surface area contributed by atoms with E-state index in [-0.39, 0.29) is 6.17 Å². The number of piperidine rings is 1. The summed E-state index contributed by atoms with van der Waals surface area (Å²) in [4.78, 5) is 12.4. The van der Waals surface area contributed by atoms with E-state index in [4.69, 9.17) is 0 Å². The van der Waals surface area contributed by atoms with Crippen LogP contribution in [0.5, 0.6) is 0 Å². The largest absolute Gasteiger partial charge is 0.339 e. The van der Waals surface area contributed by atoms with Crippen molar-refractivity contribution in [3.05, 3.63) is 0 Å². The van der Waals surface area contributed by atoms with E-state index in [9.17, 15) is 4.79 Å². The molecule has 1 fully saturated rings. The van der Waals surface area contributed by atoms with Crippen molar-refractivity contribution in [1.29, 1.82) is 0 Å². The highest BCUT2D eigenvalue weighted by Gasteiger charge is 2.29. The molecule has 2 rings (SSSR count). The van der Waals surface area contributed by atoms with Crippen LogP contribution >= 0.6 is 0 Å². The van der Waals surface area contributed by atoms with Gasteiger partial charge in [0.1, 0.15) is 12.5 Å². The number of carbonyl (C=O) groups excluding carboxylic acids is 1. The normalized spacial score (nSPS) is 28.9. The molecule has 0 spiro atoms. The molecule has 1 saturated heterocycles. The van der Waals surface area contributed by atoms with E-state index >= 15 is 0 Å². The first-order valence-corrected chi connectivity index (χ1v) is 3.89. The molecule has 59 valence electrons. The number of nitrogens with zero attached hydrogens (tertiary/aromatic N) is 3. The van der Waals surface area contributed by atoms with Gasteiger partial charge in [-0.05, 0) is 19.3 Å². The second kappa shape index (κ2) is 2.53. The van der Waals surface area contributed by atoms with Gasteiger partial charge in [-0.2, -0.15) is 5.10 Å². The molecule has 0 aromatic carbocycles. The quantitative estimate of drug-likeness (QED) is 0.535. The minimum absolute atomic E-state index is 0.168. The molecule has 0 N–H and O–H groups in total. The van der Waals surface area contributed by atoms with Crippen molar-refractivity contribution in [3.8, 4) is 0 Å². The predicted molar refractivity (Wildman–Crippen MR) is 40.4 cm³/mol. The van der Waals surface area contributed by atoms with E-state index in [1.54, 1.807) is 12.7 Å². The molecule has 4 nitrogen and oxygen atoms in total. The molecule has 2 heterocycles. The number of fused-ring (bicyclic) bond motifs is 1. The zero-order valence-electron chi connectivity index (χ0n) is 6.23. The summed E-state index contributed by atoms with van der Waals surface area (Å²) < 4.78 is 0. The fourth-order valence-electron chi connectivity index (χ4n) is 1.62. The minimum atomic E-state index is 0.168. The number of hydrogen-bond donors (Lipinski definition) is 0. The Morgan fingerprint density at radius 2 is 2.45 bits per heavy atom. The van der Waals surface area contributed by atoms with E-state index in [1.165, 1.54) is 17.9 Å². The third kappa shape index (κ3) is 0.982. The van der Waals surface area contributed by atoms with Gasteiger partial charge >= 0.3 is 6.41 Å². The van der Waals surface area contributed by atoms with E-state index in [0.29, 0.717) is 0 Å². The Labute approximate surface area is 65.5 Å². The van der Waals surface area contributed by atoms with E-state index in [2.05, 4.69) is 10.0 Å². The molecule has 2 aliphatic heterocycles. The lowest BCUT2D eigenvalue weighted by atomic mass is 10.1. The van der Waals surface area contributed by atoms with Gasteiger partial charge in [0.2, 0.25) is 0 Å². The molecule has 0 aromatic heterocycles. The van der Waals surface area contributed by atoms with Crippen molar-refractivity contribution in [2.75, 3.05) is 6.54 Å². The summed E-state index contributed by atoms with van der Waals surface area (Å²) >= 11 is 0. The van der Waals surface area contributed by atoms with Crippen LogP contribution in [0.25, 0.3) is 0 Å². The standard InChI is InChI=1S/C7H10N3O/c11-6-10-7-3-1-2-4-9(7)5-8-10/h5,7H,1-4H2. The van der Waals surface area contributed by atoms with Gasteiger partial charge in [0, 0.05) is 6.54 Å². The van der Waals surface area contributed by atoms with Gasteiger partial charge in [0.25, 0.3) is 0 Å². The number of rotatable bonds is 1. The summed E-state index contributed by atoms with van der Waals surface area (Å²) in [6.07, 6.45) is 7.12. The number of amides is 1. The highest BCUT2D eigenvalue weighted by atomic mass is 16.1. The smallest absolute Gasteiger partial charge is 0.336 e.